The van der Waals surface area contributed by atoms with Gasteiger partial charge in [0.1, 0.15) is 18.2 Å². The Morgan fingerprint density at radius 2 is 1.54 bits per heavy atom. The number of rotatable bonds is 11. The third kappa shape index (κ3) is 9.45. The Labute approximate surface area is 380 Å². The number of aromatic nitrogens is 3. The van der Waals surface area contributed by atoms with Crippen LogP contribution in [0.15, 0.2) is 91.6 Å². The minimum absolute atomic E-state index is 0.219. The molecule has 3 fully saturated rings. The van der Waals surface area contributed by atoms with Gasteiger partial charge in [0.15, 0.2) is 0 Å². The van der Waals surface area contributed by atoms with E-state index in [1.165, 1.54) is 22.8 Å². The van der Waals surface area contributed by atoms with Crippen molar-refractivity contribution in [1.29, 1.82) is 0 Å². The van der Waals surface area contributed by atoms with E-state index in [9.17, 15) is 14.4 Å². The molecule has 0 bridgehead atoms. The summed E-state index contributed by atoms with van der Waals surface area (Å²) in [7, 11) is 1.67. The summed E-state index contributed by atoms with van der Waals surface area (Å²) >= 11 is 0. The van der Waals surface area contributed by atoms with Crippen LogP contribution in [0.25, 0.3) is 33.5 Å². The quantitative estimate of drug-likeness (QED) is 0.121. The molecular formula is C49H59N11O5. The number of carbonyl (C=O) groups is 3. The number of benzene rings is 3. The molecule has 65 heavy (non-hydrogen) atoms. The van der Waals surface area contributed by atoms with Crippen LogP contribution in [0.3, 0.4) is 0 Å². The second-order valence-corrected chi connectivity index (χ2v) is 18.4. The number of piperazine rings is 1. The fraction of sp³-hybridized carbons (Fsp3) is 0.408. The van der Waals surface area contributed by atoms with Gasteiger partial charge < -0.3 is 29.7 Å². The number of methoxy groups -OCH3 is 1. The Morgan fingerprint density at radius 1 is 0.862 bits per heavy atom. The lowest BCUT2D eigenvalue weighted by molar-refractivity contribution is -0.186. The van der Waals surface area contributed by atoms with E-state index in [1.807, 2.05) is 52.0 Å². The number of ether oxygens (including phenoxy) is 1. The number of imide groups is 1. The highest BCUT2D eigenvalue weighted by molar-refractivity contribution is 6.05. The number of hydrazine groups is 1. The van der Waals surface area contributed by atoms with E-state index in [0.717, 1.165) is 109 Å². The molecule has 0 spiro atoms. The standard InChI is InChI=1S/C49H59N11O5/c1-33(52-48(63)60-59(26-27-65-60)49(2,3)4)41-15-8-36(28-37(41)31-64-5)45-42-29-43(53-46(42)51-32-50-45)35-6-9-38(10-7-35)57-24-22-55(23-25-57)30-34-16-19-56(20-17-34)39-11-13-40(14-12-39)58-21-18-44(61)54-47(58)62/h6-15,26-29,32-34H,16-25,30-31H2,1-5H3,(H,52,63)(H,50,51,53)(H,54,61,62). The van der Waals surface area contributed by atoms with E-state index in [-0.39, 0.29) is 29.6 Å². The summed E-state index contributed by atoms with van der Waals surface area (Å²) < 4.78 is 5.62. The first-order valence-electron chi connectivity index (χ1n) is 22.6. The molecule has 16 heteroatoms. The maximum absolute atomic E-state index is 13.3. The SMILES string of the molecule is COCc1cc(-c2ncnc3[nH]c(-c4ccc(N5CCN(CC6CCN(c7ccc(N8CCC(=O)NC8=O)cc7)CC6)CC5)cc4)cc23)ccc1C(C)NC(=O)N1OC=CN1C(C)(C)C. The Balaban J connectivity index is 0.784. The van der Waals surface area contributed by atoms with Crippen molar-refractivity contribution in [2.45, 2.75) is 65.1 Å². The zero-order chi connectivity index (χ0) is 45.2. The number of aromatic amines is 1. The largest absolute Gasteiger partial charge is 0.380 e. The number of amides is 5. The maximum atomic E-state index is 13.3. The van der Waals surface area contributed by atoms with Gasteiger partial charge in [0.25, 0.3) is 0 Å². The fourth-order valence-electron chi connectivity index (χ4n) is 9.43. The average molecular weight is 882 g/mol. The van der Waals surface area contributed by atoms with Gasteiger partial charge in [0, 0.05) is 99.6 Å². The van der Waals surface area contributed by atoms with Crippen LogP contribution in [0.4, 0.5) is 26.7 Å². The number of hydroxylamine groups is 1. The summed E-state index contributed by atoms with van der Waals surface area (Å²) in [6.45, 7) is 16.0. The Kier molecular flexibility index (Phi) is 12.4. The second kappa shape index (κ2) is 18.4. The number of carbonyl (C=O) groups excluding carboxylic acids is 3. The predicted octanol–water partition coefficient (Wildman–Crippen LogP) is 7.43. The number of hydrogen-bond acceptors (Lipinski definition) is 11. The molecule has 3 N–H and O–H groups in total. The van der Waals surface area contributed by atoms with Crippen LogP contribution in [0.1, 0.15) is 64.1 Å². The van der Waals surface area contributed by atoms with Crippen molar-refractivity contribution in [3.63, 3.8) is 0 Å². The van der Waals surface area contributed by atoms with Crippen molar-refractivity contribution in [3.8, 4) is 22.5 Å². The highest BCUT2D eigenvalue weighted by Crippen LogP contribution is 2.34. The van der Waals surface area contributed by atoms with Gasteiger partial charge in [-0.1, -0.05) is 29.4 Å². The topological polar surface area (TPSA) is 155 Å². The number of nitrogens with zero attached hydrogens (tertiary/aromatic N) is 8. The van der Waals surface area contributed by atoms with Crippen molar-refractivity contribution in [3.05, 3.63) is 103 Å². The maximum Gasteiger partial charge on any atom is 0.371 e. The van der Waals surface area contributed by atoms with Crippen LogP contribution in [0, 0.1) is 5.92 Å². The minimum Gasteiger partial charge on any atom is -0.380 e. The Hall–Kier alpha value is -6.65. The molecule has 5 amide bonds. The molecule has 4 aliphatic heterocycles. The van der Waals surface area contributed by atoms with E-state index in [2.05, 4.69) is 83.8 Å². The molecule has 0 radical (unpaired) electrons. The van der Waals surface area contributed by atoms with Crippen LogP contribution < -0.4 is 25.3 Å². The molecule has 2 aromatic heterocycles. The molecule has 3 saturated heterocycles. The van der Waals surface area contributed by atoms with Gasteiger partial charge in [-0.05, 0) is 112 Å². The van der Waals surface area contributed by atoms with Gasteiger partial charge in [0.05, 0.1) is 30.1 Å². The smallest absolute Gasteiger partial charge is 0.371 e. The first kappa shape index (κ1) is 43.6. The molecule has 16 nitrogen and oxygen atoms in total. The molecule has 6 heterocycles. The normalized spacial score (nSPS) is 18.1. The predicted molar refractivity (Wildman–Crippen MR) is 252 cm³/mol. The fourth-order valence-corrected chi connectivity index (χ4v) is 9.43. The Bertz CT molecular complexity index is 2540. The van der Waals surface area contributed by atoms with Gasteiger partial charge >= 0.3 is 12.1 Å². The average Bonchev–Trinajstić information content (AvgIpc) is 3.99. The highest BCUT2D eigenvalue weighted by atomic mass is 16.7. The number of fused-ring (bicyclic) bond motifs is 1. The number of hydrogen-bond donors (Lipinski definition) is 3. The molecule has 1 unspecified atom stereocenters. The van der Waals surface area contributed by atoms with E-state index < -0.39 is 0 Å². The second-order valence-electron chi connectivity index (χ2n) is 18.4. The molecule has 4 aliphatic rings. The van der Waals surface area contributed by atoms with Gasteiger partial charge in [-0.3, -0.25) is 19.9 Å². The zero-order valence-electron chi connectivity index (χ0n) is 37.9. The summed E-state index contributed by atoms with van der Waals surface area (Å²) in [4.78, 5) is 64.7. The molecular weight excluding hydrogens is 823 g/mol. The third-order valence-electron chi connectivity index (χ3n) is 13.0. The van der Waals surface area contributed by atoms with Gasteiger partial charge in [-0.25, -0.2) is 24.6 Å². The zero-order valence-corrected chi connectivity index (χ0v) is 37.9. The molecule has 1 atom stereocenters. The van der Waals surface area contributed by atoms with Crippen LogP contribution in [-0.4, -0.2) is 113 Å². The summed E-state index contributed by atoms with van der Waals surface area (Å²) in [5.41, 5.74) is 9.30. The van der Waals surface area contributed by atoms with Crippen LogP contribution in [0.5, 0.6) is 0 Å². The van der Waals surface area contributed by atoms with Crippen LogP contribution >= 0.6 is 0 Å². The van der Waals surface area contributed by atoms with Gasteiger partial charge in [-0.15, -0.1) is 0 Å². The van der Waals surface area contributed by atoms with Crippen molar-refractivity contribution in [2.24, 2.45) is 5.92 Å². The molecule has 0 saturated carbocycles. The van der Waals surface area contributed by atoms with Crippen molar-refractivity contribution in [1.82, 2.24) is 40.7 Å². The van der Waals surface area contributed by atoms with Gasteiger partial charge in [0.2, 0.25) is 5.91 Å². The molecule has 9 rings (SSSR count). The molecule has 3 aromatic carbocycles. The van der Waals surface area contributed by atoms with Crippen molar-refractivity contribution < 1.29 is 24.0 Å². The lowest BCUT2D eigenvalue weighted by Crippen LogP contribution is -2.52. The minimum atomic E-state index is -0.368. The number of piperidine rings is 1. The summed E-state index contributed by atoms with van der Waals surface area (Å²) in [5, 5.41) is 9.39. The summed E-state index contributed by atoms with van der Waals surface area (Å²) in [6.07, 6.45) is 7.47. The van der Waals surface area contributed by atoms with Gasteiger partial charge in [-0.2, -0.15) is 0 Å². The monoisotopic (exact) mass is 881 g/mol. The highest BCUT2D eigenvalue weighted by Gasteiger charge is 2.34. The lowest BCUT2D eigenvalue weighted by atomic mass is 9.95. The van der Waals surface area contributed by atoms with Crippen LogP contribution in [-0.2, 0) is 21.0 Å². The molecule has 5 aromatic rings. The lowest BCUT2D eigenvalue weighted by Gasteiger charge is -2.40. The van der Waals surface area contributed by atoms with E-state index in [4.69, 9.17) is 14.6 Å². The number of anilines is 3. The van der Waals surface area contributed by atoms with Crippen LogP contribution in [0.2, 0.25) is 0 Å². The van der Waals surface area contributed by atoms with Crippen molar-refractivity contribution >= 4 is 46.1 Å². The Morgan fingerprint density at radius 3 is 2.23 bits per heavy atom. The number of urea groups is 2. The third-order valence-corrected chi connectivity index (χ3v) is 13.0. The van der Waals surface area contributed by atoms with E-state index in [0.29, 0.717) is 25.5 Å². The van der Waals surface area contributed by atoms with E-state index in [1.54, 1.807) is 29.5 Å². The summed E-state index contributed by atoms with van der Waals surface area (Å²) in [6, 6.07) is 24.2. The van der Waals surface area contributed by atoms with E-state index >= 15 is 0 Å². The number of nitrogens with one attached hydrogen (secondary N) is 3. The number of H-pyrrole nitrogens is 1. The molecule has 0 aliphatic carbocycles. The first-order chi connectivity index (χ1) is 31.4. The van der Waals surface area contributed by atoms with Crippen molar-refractivity contribution in [2.75, 3.05) is 74.2 Å². The first-order valence-corrected chi connectivity index (χ1v) is 22.6. The molecule has 340 valence electrons. The summed E-state index contributed by atoms with van der Waals surface area (Å²) in [5.74, 6) is 0.459.